The van der Waals surface area contributed by atoms with Crippen LogP contribution < -0.4 is 0 Å². The lowest BCUT2D eigenvalue weighted by Gasteiger charge is -2.60. The lowest BCUT2D eigenvalue weighted by atomic mass is 9.45. The van der Waals surface area contributed by atoms with Crippen molar-refractivity contribution < 1.29 is 19.8 Å². The number of carbonyl (C=O) groups excluding carboxylic acids is 2. The van der Waals surface area contributed by atoms with Crippen LogP contribution in [0.25, 0.3) is 0 Å². The minimum absolute atomic E-state index is 0.117. The van der Waals surface area contributed by atoms with Crippen LogP contribution in [0.15, 0.2) is 11.6 Å². The highest BCUT2D eigenvalue weighted by Gasteiger charge is 2.67. The molecule has 4 heteroatoms. The van der Waals surface area contributed by atoms with Crippen LogP contribution in [0.2, 0.25) is 0 Å². The van der Waals surface area contributed by atoms with E-state index in [1.807, 2.05) is 13.0 Å². The lowest BCUT2D eigenvalue weighted by molar-refractivity contribution is -0.179. The van der Waals surface area contributed by atoms with Gasteiger partial charge >= 0.3 is 0 Å². The number of aliphatic hydroxyl groups is 2. The maximum Gasteiger partial charge on any atom is 0.161 e. The van der Waals surface area contributed by atoms with Crippen molar-refractivity contribution in [2.24, 2.45) is 28.6 Å². The van der Waals surface area contributed by atoms with Crippen LogP contribution in [0.4, 0.5) is 0 Å². The zero-order valence-electron chi connectivity index (χ0n) is 15.5. The summed E-state index contributed by atoms with van der Waals surface area (Å²) < 4.78 is 0. The lowest BCUT2D eigenvalue weighted by Crippen LogP contribution is -2.61. The fraction of sp³-hybridized carbons (Fsp3) is 0.810. The highest BCUT2D eigenvalue weighted by molar-refractivity contribution is 5.91. The summed E-state index contributed by atoms with van der Waals surface area (Å²) in [6.07, 6.45) is 6.38. The van der Waals surface area contributed by atoms with E-state index in [0.717, 1.165) is 25.7 Å². The number of allylic oxidation sites excluding steroid dienone is 1. The summed E-state index contributed by atoms with van der Waals surface area (Å²) >= 11 is 0. The number of hydrogen-bond donors (Lipinski definition) is 2. The van der Waals surface area contributed by atoms with Crippen molar-refractivity contribution in [2.45, 2.75) is 77.4 Å². The van der Waals surface area contributed by atoms with E-state index in [1.165, 1.54) is 12.5 Å². The number of ketones is 2. The topological polar surface area (TPSA) is 74.6 Å². The number of Topliss-reactive ketones (excluding diaryl/α,β-unsaturated/α-hetero) is 1. The van der Waals surface area contributed by atoms with Gasteiger partial charge in [0.25, 0.3) is 0 Å². The van der Waals surface area contributed by atoms with Crippen LogP contribution in [0, 0.1) is 28.6 Å². The van der Waals surface area contributed by atoms with Crippen molar-refractivity contribution in [3.8, 4) is 0 Å². The Hall–Kier alpha value is -1.00. The number of carbonyl (C=O) groups is 2. The third-order valence-corrected chi connectivity index (χ3v) is 8.63. The van der Waals surface area contributed by atoms with E-state index >= 15 is 0 Å². The molecule has 0 saturated heterocycles. The van der Waals surface area contributed by atoms with Gasteiger partial charge in [0.15, 0.2) is 11.6 Å². The summed E-state index contributed by atoms with van der Waals surface area (Å²) in [4.78, 5) is 24.1. The number of aliphatic hydroxyl groups excluding tert-OH is 1. The monoisotopic (exact) mass is 346 g/mol. The van der Waals surface area contributed by atoms with Gasteiger partial charge in [-0.1, -0.05) is 19.4 Å². The fourth-order valence-electron chi connectivity index (χ4n) is 7.27. The Kier molecular flexibility index (Phi) is 3.66. The molecular weight excluding hydrogens is 316 g/mol. The molecule has 0 bridgehead atoms. The molecule has 4 nitrogen and oxygen atoms in total. The highest BCUT2D eigenvalue weighted by Crippen LogP contribution is 2.67. The van der Waals surface area contributed by atoms with Crippen LogP contribution in [-0.4, -0.2) is 33.5 Å². The van der Waals surface area contributed by atoms with Crippen LogP contribution >= 0.6 is 0 Å². The molecule has 0 aliphatic heterocycles. The molecule has 0 spiro atoms. The van der Waals surface area contributed by atoms with Crippen LogP contribution in [-0.2, 0) is 9.59 Å². The SMILES string of the molecule is CC(=O)[C@]1(O)CC[C@H]2[C@@H]3CCC4=CC(=O)CC[C@]4(C)[C@H]3[C@@H](O)C[C@@]21C. The van der Waals surface area contributed by atoms with Crippen molar-refractivity contribution in [1.29, 1.82) is 0 Å². The Morgan fingerprint density at radius 1 is 1.20 bits per heavy atom. The largest absolute Gasteiger partial charge is 0.393 e. The van der Waals surface area contributed by atoms with Gasteiger partial charge in [0, 0.05) is 11.8 Å². The molecule has 138 valence electrons. The minimum atomic E-state index is -1.30. The van der Waals surface area contributed by atoms with Gasteiger partial charge in [-0.2, -0.15) is 0 Å². The van der Waals surface area contributed by atoms with Crippen LogP contribution in [0.1, 0.15) is 65.7 Å². The molecule has 0 unspecified atom stereocenters. The first-order valence-electron chi connectivity index (χ1n) is 9.79. The van der Waals surface area contributed by atoms with E-state index in [2.05, 4.69) is 6.92 Å². The molecule has 0 aromatic rings. The first-order chi connectivity index (χ1) is 11.6. The van der Waals surface area contributed by atoms with Gasteiger partial charge in [0.2, 0.25) is 0 Å². The normalized spacial score (nSPS) is 52.0. The third kappa shape index (κ3) is 2.07. The molecule has 7 atom stereocenters. The molecule has 0 radical (unpaired) electrons. The van der Waals surface area contributed by atoms with Gasteiger partial charge in [-0.25, -0.2) is 0 Å². The molecule has 0 amide bonds. The maximum atomic E-state index is 12.2. The zero-order valence-corrected chi connectivity index (χ0v) is 15.5. The second kappa shape index (κ2) is 5.26. The standard InChI is InChI=1S/C21H30O4/c1-12(22)21(25)9-7-16-15-5-4-13-10-14(23)6-8-19(13,2)18(15)17(24)11-20(16,21)3/h10,15-18,24-25H,4-9,11H2,1-3H3/t15-,16-,17-,18+,19-,20-,21+/m0/s1. The summed E-state index contributed by atoms with van der Waals surface area (Å²) in [5.41, 5.74) is -0.744. The summed E-state index contributed by atoms with van der Waals surface area (Å²) in [6, 6.07) is 0. The van der Waals surface area contributed by atoms with Gasteiger partial charge in [-0.3, -0.25) is 9.59 Å². The van der Waals surface area contributed by atoms with Crippen molar-refractivity contribution in [3.05, 3.63) is 11.6 Å². The van der Waals surface area contributed by atoms with E-state index in [4.69, 9.17) is 0 Å². The molecule has 3 saturated carbocycles. The Bertz CT molecular complexity index is 667. The minimum Gasteiger partial charge on any atom is -0.393 e. The summed E-state index contributed by atoms with van der Waals surface area (Å²) in [5, 5.41) is 22.3. The summed E-state index contributed by atoms with van der Waals surface area (Å²) in [7, 11) is 0. The van der Waals surface area contributed by atoms with Crippen molar-refractivity contribution in [3.63, 3.8) is 0 Å². The number of hydrogen-bond acceptors (Lipinski definition) is 4. The van der Waals surface area contributed by atoms with Crippen molar-refractivity contribution in [2.75, 3.05) is 0 Å². The van der Waals surface area contributed by atoms with Crippen LogP contribution in [0.5, 0.6) is 0 Å². The second-order valence-corrected chi connectivity index (χ2v) is 9.53. The summed E-state index contributed by atoms with van der Waals surface area (Å²) in [6.45, 7) is 5.73. The molecule has 0 aromatic heterocycles. The van der Waals surface area contributed by atoms with Crippen molar-refractivity contribution in [1.82, 2.24) is 0 Å². The first kappa shape index (κ1) is 17.4. The molecule has 25 heavy (non-hydrogen) atoms. The Balaban J connectivity index is 1.75. The van der Waals surface area contributed by atoms with E-state index in [-0.39, 0.29) is 28.8 Å². The predicted octanol–water partition coefficient (Wildman–Crippen LogP) is 2.81. The molecule has 4 rings (SSSR count). The van der Waals surface area contributed by atoms with Crippen LogP contribution in [0.3, 0.4) is 0 Å². The van der Waals surface area contributed by atoms with E-state index in [9.17, 15) is 19.8 Å². The summed E-state index contributed by atoms with van der Waals surface area (Å²) in [5.74, 6) is 0.776. The van der Waals surface area contributed by atoms with E-state index < -0.39 is 17.1 Å². The highest BCUT2D eigenvalue weighted by atomic mass is 16.3. The maximum absolute atomic E-state index is 12.2. The van der Waals surface area contributed by atoms with Gasteiger partial charge in [-0.15, -0.1) is 0 Å². The third-order valence-electron chi connectivity index (χ3n) is 8.63. The fourth-order valence-corrected chi connectivity index (χ4v) is 7.27. The molecule has 2 N–H and O–H groups in total. The smallest absolute Gasteiger partial charge is 0.161 e. The molecule has 0 heterocycles. The molecular formula is C21H30O4. The Morgan fingerprint density at radius 3 is 2.60 bits per heavy atom. The van der Waals surface area contributed by atoms with E-state index in [0.29, 0.717) is 25.2 Å². The number of rotatable bonds is 1. The average Bonchev–Trinajstić information content (AvgIpc) is 2.80. The van der Waals surface area contributed by atoms with Gasteiger partial charge in [0.05, 0.1) is 6.10 Å². The van der Waals surface area contributed by atoms with Gasteiger partial charge in [-0.05, 0) is 74.7 Å². The molecule has 4 aliphatic rings. The molecule has 0 aromatic carbocycles. The first-order valence-corrected chi connectivity index (χ1v) is 9.79. The quantitative estimate of drug-likeness (QED) is 0.766. The van der Waals surface area contributed by atoms with Crippen molar-refractivity contribution >= 4 is 11.6 Å². The molecule has 3 fully saturated rings. The Labute approximate surface area is 149 Å². The average molecular weight is 346 g/mol. The number of fused-ring (bicyclic) bond motifs is 5. The van der Waals surface area contributed by atoms with Gasteiger partial charge < -0.3 is 10.2 Å². The van der Waals surface area contributed by atoms with E-state index in [1.54, 1.807) is 0 Å². The molecule has 4 aliphatic carbocycles. The Morgan fingerprint density at radius 2 is 1.92 bits per heavy atom. The second-order valence-electron chi connectivity index (χ2n) is 9.53. The predicted molar refractivity (Wildman–Crippen MR) is 93.7 cm³/mol. The van der Waals surface area contributed by atoms with Gasteiger partial charge in [0.1, 0.15) is 5.60 Å². The zero-order chi connectivity index (χ0) is 18.2.